The van der Waals surface area contributed by atoms with Crippen LogP contribution in [0.25, 0.3) is 0 Å². The molecule has 9 heteroatoms. The summed E-state index contributed by atoms with van der Waals surface area (Å²) in [5.41, 5.74) is -1.66. The van der Waals surface area contributed by atoms with E-state index in [1.807, 2.05) is 0 Å². The summed E-state index contributed by atoms with van der Waals surface area (Å²) >= 11 is 0. The number of hydrogen-bond acceptors (Lipinski definition) is 5. The lowest BCUT2D eigenvalue weighted by Gasteiger charge is -2.44. The Morgan fingerprint density at radius 3 is 2.44 bits per heavy atom. The van der Waals surface area contributed by atoms with E-state index in [9.17, 15) is 23.2 Å². The molecule has 0 aromatic rings. The van der Waals surface area contributed by atoms with Crippen LogP contribution >= 0.6 is 0 Å². The lowest BCUT2D eigenvalue weighted by atomic mass is 9.71. The number of esters is 1. The van der Waals surface area contributed by atoms with Crippen LogP contribution in [0.5, 0.6) is 0 Å². The molecule has 2 atom stereocenters. The van der Waals surface area contributed by atoms with Gasteiger partial charge in [-0.3, -0.25) is 4.79 Å². The van der Waals surface area contributed by atoms with E-state index in [1.54, 1.807) is 20.8 Å². The van der Waals surface area contributed by atoms with Crippen molar-refractivity contribution in [3.63, 3.8) is 0 Å². The molecular formula is C16H24F2N2O5. The van der Waals surface area contributed by atoms with Gasteiger partial charge in [-0.15, -0.1) is 0 Å². The van der Waals surface area contributed by atoms with Crippen molar-refractivity contribution in [1.82, 2.24) is 10.6 Å². The average Bonchev–Trinajstić information content (AvgIpc) is 2.69. The Kier molecular flexibility index (Phi) is 4.98. The van der Waals surface area contributed by atoms with Gasteiger partial charge in [0.25, 0.3) is 5.92 Å². The van der Waals surface area contributed by atoms with Crippen LogP contribution in [0.3, 0.4) is 0 Å². The van der Waals surface area contributed by atoms with Crippen LogP contribution in [0.15, 0.2) is 0 Å². The first-order valence-corrected chi connectivity index (χ1v) is 8.12. The molecule has 7 nitrogen and oxygen atoms in total. The van der Waals surface area contributed by atoms with E-state index in [0.29, 0.717) is 0 Å². The molecule has 1 heterocycles. The summed E-state index contributed by atoms with van der Waals surface area (Å²) in [5.74, 6) is -4.54. The standard InChI is InChI=1S/C16H24F2N2O5/c1-14(2,3)25-13(23)19-10(12(22)24-4)5-9-6-15(20-11(9)21)7-16(17,18)8-15/h9-10H,5-8H2,1-4H3,(H,19,23)(H,20,21)/t9?,10-/m0/s1. The van der Waals surface area contributed by atoms with E-state index in [1.165, 1.54) is 0 Å². The van der Waals surface area contributed by atoms with Crippen molar-refractivity contribution in [2.75, 3.05) is 7.11 Å². The highest BCUT2D eigenvalue weighted by Crippen LogP contribution is 2.51. The molecule has 1 spiro atoms. The first kappa shape index (κ1) is 19.4. The minimum absolute atomic E-state index is 0.0366. The average molecular weight is 362 g/mol. The smallest absolute Gasteiger partial charge is 0.408 e. The van der Waals surface area contributed by atoms with E-state index < -0.39 is 59.8 Å². The molecule has 2 N–H and O–H groups in total. The quantitative estimate of drug-likeness (QED) is 0.743. The number of carbonyl (C=O) groups excluding carboxylic acids is 3. The zero-order valence-corrected chi connectivity index (χ0v) is 14.8. The molecule has 2 fully saturated rings. The molecule has 1 aliphatic carbocycles. The predicted molar refractivity (Wildman–Crippen MR) is 83.0 cm³/mol. The Hall–Kier alpha value is -1.93. The number of ether oxygens (including phenoxy) is 2. The third-order valence-corrected chi connectivity index (χ3v) is 4.29. The zero-order chi connectivity index (χ0) is 19.0. The molecule has 0 aromatic carbocycles. The lowest BCUT2D eigenvalue weighted by Crippen LogP contribution is -2.58. The fraction of sp³-hybridized carbons (Fsp3) is 0.812. The van der Waals surface area contributed by atoms with E-state index in [-0.39, 0.29) is 12.8 Å². The van der Waals surface area contributed by atoms with Gasteiger partial charge in [-0.25, -0.2) is 18.4 Å². The first-order valence-electron chi connectivity index (χ1n) is 8.12. The number of halogens is 2. The Morgan fingerprint density at radius 1 is 1.36 bits per heavy atom. The Bertz CT molecular complexity index is 565. The fourth-order valence-electron chi connectivity index (χ4n) is 3.43. The van der Waals surface area contributed by atoms with Gasteiger partial charge in [0.2, 0.25) is 5.91 Å². The van der Waals surface area contributed by atoms with Crippen LogP contribution < -0.4 is 10.6 Å². The van der Waals surface area contributed by atoms with Crippen LogP contribution in [0.2, 0.25) is 0 Å². The van der Waals surface area contributed by atoms with Crippen molar-refractivity contribution in [2.24, 2.45) is 5.92 Å². The van der Waals surface area contributed by atoms with Gasteiger partial charge in [-0.2, -0.15) is 0 Å². The highest BCUT2D eigenvalue weighted by atomic mass is 19.3. The molecule has 1 saturated heterocycles. The maximum atomic E-state index is 13.2. The van der Waals surface area contributed by atoms with E-state index in [0.717, 1.165) is 7.11 Å². The van der Waals surface area contributed by atoms with Gasteiger partial charge in [0.05, 0.1) is 12.6 Å². The number of methoxy groups -OCH3 is 1. The van der Waals surface area contributed by atoms with Gasteiger partial charge in [0.15, 0.2) is 0 Å². The molecule has 1 unspecified atom stereocenters. The maximum absolute atomic E-state index is 13.2. The van der Waals surface area contributed by atoms with Crippen molar-refractivity contribution < 1.29 is 32.6 Å². The van der Waals surface area contributed by atoms with Crippen molar-refractivity contribution in [3.8, 4) is 0 Å². The van der Waals surface area contributed by atoms with Crippen LogP contribution in [-0.4, -0.2) is 48.2 Å². The molecule has 1 aliphatic heterocycles. The molecule has 2 aliphatic rings. The van der Waals surface area contributed by atoms with Gasteiger partial charge in [-0.05, 0) is 33.6 Å². The lowest BCUT2D eigenvalue weighted by molar-refractivity contribution is -0.144. The third kappa shape index (κ3) is 4.79. The van der Waals surface area contributed by atoms with Crippen LogP contribution in [-0.2, 0) is 19.1 Å². The Balaban J connectivity index is 1.99. The van der Waals surface area contributed by atoms with E-state index in [2.05, 4.69) is 15.4 Å². The summed E-state index contributed by atoms with van der Waals surface area (Å²) in [7, 11) is 1.16. The third-order valence-electron chi connectivity index (χ3n) is 4.29. The van der Waals surface area contributed by atoms with Crippen LogP contribution in [0.4, 0.5) is 13.6 Å². The van der Waals surface area contributed by atoms with Crippen molar-refractivity contribution in [1.29, 1.82) is 0 Å². The van der Waals surface area contributed by atoms with Gasteiger partial charge < -0.3 is 20.1 Å². The number of nitrogens with one attached hydrogen (secondary N) is 2. The zero-order valence-electron chi connectivity index (χ0n) is 14.8. The number of amides is 2. The normalized spacial score (nSPS) is 24.9. The van der Waals surface area contributed by atoms with E-state index >= 15 is 0 Å². The fourth-order valence-corrected chi connectivity index (χ4v) is 3.43. The minimum atomic E-state index is -2.77. The molecule has 1 saturated carbocycles. The van der Waals surface area contributed by atoms with Gasteiger partial charge in [-0.1, -0.05) is 0 Å². The Morgan fingerprint density at radius 2 is 1.96 bits per heavy atom. The molecular weight excluding hydrogens is 338 g/mol. The molecule has 142 valence electrons. The van der Waals surface area contributed by atoms with E-state index in [4.69, 9.17) is 4.74 Å². The van der Waals surface area contributed by atoms with Crippen LogP contribution in [0.1, 0.15) is 46.5 Å². The Labute approximate surface area is 144 Å². The minimum Gasteiger partial charge on any atom is -0.467 e. The molecule has 2 amide bonds. The molecule has 0 bridgehead atoms. The van der Waals surface area contributed by atoms with Gasteiger partial charge in [0, 0.05) is 18.8 Å². The molecule has 25 heavy (non-hydrogen) atoms. The number of hydrogen-bond donors (Lipinski definition) is 2. The van der Waals surface area contributed by atoms with Gasteiger partial charge in [0.1, 0.15) is 11.6 Å². The summed E-state index contributed by atoms with van der Waals surface area (Å²) in [6, 6.07) is -1.09. The van der Waals surface area contributed by atoms with Crippen molar-refractivity contribution in [3.05, 3.63) is 0 Å². The number of carbonyl (C=O) groups is 3. The number of rotatable bonds is 4. The highest BCUT2D eigenvalue weighted by molar-refractivity contribution is 5.85. The van der Waals surface area contributed by atoms with Gasteiger partial charge >= 0.3 is 12.1 Å². The van der Waals surface area contributed by atoms with Crippen LogP contribution in [0, 0.1) is 5.92 Å². The SMILES string of the molecule is COC(=O)[C@H](CC1CC2(CC(F)(F)C2)NC1=O)NC(=O)OC(C)(C)C. The predicted octanol–water partition coefficient (Wildman–Crippen LogP) is 1.75. The largest absolute Gasteiger partial charge is 0.467 e. The maximum Gasteiger partial charge on any atom is 0.408 e. The number of alkyl halides is 2. The second-order valence-electron chi connectivity index (χ2n) is 7.84. The first-order chi connectivity index (χ1) is 11.3. The molecule has 2 rings (SSSR count). The summed E-state index contributed by atoms with van der Waals surface area (Å²) in [4.78, 5) is 35.9. The number of alkyl carbamates (subject to hydrolysis) is 1. The highest BCUT2D eigenvalue weighted by Gasteiger charge is 2.61. The summed E-state index contributed by atoms with van der Waals surface area (Å²) < 4.78 is 36.1. The monoisotopic (exact) mass is 362 g/mol. The second-order valence-corrected chi connectivity index (χ2v) is 7.84. The molecule has 0 aromatic heterocycles. The van der Waals surface area contributed by atoms with Crippen molar-refractivity contribution in [2.45, 2.75) is 69.6 Å². The summed E-state index contributed by atoms with van der Waals surface area (Å²) in [5, 5.41) is 5.00. The topological polar surface area (TPSA) is 93.7 Å². The summed E-state index contributed by atoms with van der Waals surface area (Å²) in [6.07, 6.45) is -1.45. The summed E-state index contributed by atoms with van der Waals surface area (Å²) in [6.45, 7) is 5.01. The molecule has 0 radical (unpaired) electrons. The van der Waals surface area contributed by atoms with Crippen molar-refractivity contribution >= 4 is 18.0 Å². The second kappa shape index (κ2) is 6.42.